The smallest absolute Gasteiger partial charge is 0.279 e. The molecule has 8 aromatic rings. The monoisotopic (exact) mass is 529 g/mol. The normalized spacial score (nSPS) is 11.6. The molecule has 0 fully saturated rings. The number of para-hydroxylation sites is 1. The minimum atomic E-state index is -0.167. The van der Waals surface area contributed by atoms with E-state index in [2.05, 4.69) is 24.3 Å². The number of benzene rings is 5. The Morgan fingerprint density at radius 2 is 0.854 bits per heavy atom. The molecule has 0 bridgehead atoms. The van der Waals surface area contributed by atoms with E-state index in [4.69, 9.17) is 0 Å². The van der Waals surface area contributed by atoms with Crippen LogP contribution in [0.15, 0.2) is 149 Å². The molecule has 194 valence electrons. The van der Waals surface area contributed by atoms with Crippen LogP contribution in [-0.4, -0.2) is 13.5 Å². The van der Waals surface area contributed by atoms with Crippen molar-refractivity contribution in [3.8, 4) is 33.6 Å². The minimum absolute atomic E-state index is 0.166. The maximum absolute atomic E-state index is 14.0. The van der Waals surface area contributed by atoms with Crippen LogP contribution in [0.3, 0.4) is 0 Å². The standard InChI is InChI=1S/C36H23N3O2/c40-35-32-21-22-33-36(41)38(29-14-7-13-27(23-29)25-11-5-2-6-12-25)31-16-8-15-30(34(31)39(32)33)37(35)28-19-17-26(18-20-28)24-9-3-1-4-10-24/h1-23H. The average molecular weight is 530 g/mol. The quantitative estimate of drug-likeness (QED) is 0.240. The van der Waals surface area contributed by atoms with Gasteiger partial charge in [0, 0.05) is 11.4 Å². The lowest BCUT2D eigenvalue weighted by molar-refractivity contribution is 0.996. The second kappa shape index (κ2) is 8.93. The maximum atomic E-state index is 14.0. The highest BCUT2D eigenvalue weighted by Crippen LogP contribution is 2.29. The highest BCUT2D eigenvalue weighted by Gasteiger charge is 2.21. The molecule has 5 heteroatoms. The Morgan fingerprint density at radius 3 is 1.46 bits per heavy atom. The zero-order chi connectivity index (χ0) is 27.5. The van der Waals surface area contributed by atoms with Gasteiger partial charge < -0.3 is 0 Å². The Bertz CT molecular complexity index is 2330. The first-order valence-corrected chi connectivity index (χ1v) is 13.5. The van der Waals surface area contributed by atoms with Crippen molar-refractivity contribution in [1.82, 2.24) is 13.5 Å². The van der Waals surface area contributed by atoms with Crippen LogP contribution in [0.2, 0.25) is 0 Å². The Balaban J connectivity index is 1.40. The number of hydrogen-bond acceptors (Lipinski definition) is 2. The minimum Gasteiger partial charge on any atom is -0.296 e. The molecule has 0 spiro atoms. The molecule has 0 saturated heterocycles. The van der Waals surface area contributed by atoms with Crippen molar-refractivity contribution in [3.05, 3.63) is 160 Å². The van der Waals surface area contributed by atoms with E-state index in [0.717, 1.165) is 50.2 Å². The van der Waals surface area contributed by atoms with E-state index in [1.807, 2.05) is 108 Å². The van der Waals surface area contributed by atoms with Crippen LogP contribution in [0.1, 0.15) is 0 Å². The van der Waals surface area contributed by atoms with E-state index < -0.39 is 0 Å². The van der Waals surface area contributed by atoms with Gasteiger partial charge in [-0.1, -0.05) is 91.0 Å². The van der Waals surface area contributed by atoms with Gasteiger partial charge in [-0.2, -0.15) is 0 Å². The maximum Gasteiger partial charge on any atom is 0.279 e. The van der Waals surface area contributed by atoms with Crippen LogP contribution in [0.5, 0.6) is 0 Å². The average Bonchev–Trinajstić information content (AvgIpc) is 3.49. The molecule has 0 amide bonds. The van der Waals surface area contributed by atoms with Crippen LogP contribution in [0, 0.1) is 0 Å². The molecule has 0 atom stereocenters. The lowest BCUT2D eigenvalue weighted by Gasteiger charge is -2.19. The molecule has 0 aliphatic carbocycles. The summed E-state index contributed by atoms with van der Waals surface area (Å²) in [6.45, 7) is 0. The van der Waals surface area contributed by atoms with E-state index in [1.54, 1.807) is 21.3 Å². The van der Waals surface area contributed by atoms with Crippen LogP contribution in [0.25, 0.3) is 61.2 Å². The second-order valence-electron chi connectivity index (χ2n) is 10.2. The fraction of sp³-hybridized carbons (Fsp3) is 0. The molecule has 0 N–H and O–H groups in total. The molecule has 0 unspecified atom stereocenters. The van der Waals surface area contributed by atoms with Gasteiger partial charge in [-0.05, 0) is 70.8 Å². The van der Waals surface area contributed by atoms with Gasteiger partial charge in [-0.15, -0.1) is 0 Å². The first kappa shape index (κ1) is 23.2. The Kier molecular flexibility index (Phi) is 5.06. The fourth-order valence-corrected chi connectivity index (χ4v) is 5.97. The van der Waals surface area contributed by atoms with Gasteiger partial charge in [-0.3, -0.25) is 23.1 Å². The van der Waals surface area contributed by atoms with E-state index in [1.165, 1.54) is 0 Å². The van der Waals surface area contributed by atoms with Crippen molar-refractivity contribution >= 4 is 27.6 Å². The van der Waals surface area contributed by atoms with Gasteiger partial charge in [0.05, 0.1) is 16.6 Å². The molecular weight excluding hydrogens is 506 g/mol. The van der Waals surface area contributed by atoms with Crippen molar-refractivity contribution in [2.45, 2.75) is 0 Å². The summed E-state index contributed by atoms with van der Waals surface area (Å²) in [7, 11) is 0. The van der Waals surface area contributed by atoms with Crippen LogP contribution >= 0.6 is 0 Å². The van der Waals surface area contributed by atoms with Crippen molar-refractivity contribution < 1.29 is 0 Å². The first-order valence-electron chi connectivity index (χ1n) is 13.5. The van der Waals surface area contributed by atoms with Crippen molar-refractivity contribution in [3.63, 3.8) is 0 Å². The lowest BCUT2D eigenvalue weighted by atomic mass is 10.0. The Labute approximate surface area is 234 Å². The summed E-state index contributed by atoms with van der Waals surface area (Å²) >= 11 is 0. The SMILES string of the molecule is O=c1c2ccc3c(=O)n(-c4cccc(-c5ccccc5)c4)c4cccc(c4n23)n1-c1ccc(-c2ccccc2)cc1. The second-order valence-corrected chi connectivity index (χ2v) is 10.2. The number of aromatic nitrogens is 3. The predicted octanol–water partition coefficient (Wildman–Crippen LogP) is 7.32. The fourth-order valence-electron chi connectivity index (χ4n) is 5.97. The summed E-state index contributed by atoms with van der Waals surface area (Å²) in [5.74, 6) is 0. The van der Waals surface area contributed by atoms with Gasteiger partial charge in [0.15, 0.2) is 0 Å². The van der Waals surface area contributed by atoms with Crippen LogP contribution in [-0.2, 0) is 0 Å². The van der Waals surface area contributed by atoms with Crippen molar-refractivity contribution in [2.75, 3.05) is 0 Å². The molecule has 3 heterocycles. The molecule has 0 aliphatic heterocycles. The number of rotatable bonds is 4. The van der Waals surface area contributed by atoms with Gasteiger partial charge >= 0.3 is 0 Å². The van der Waals surface area contributed by atoms with Gasteiger partial charge in [0.2, 0.25) is 0 Å². The van der Waals surface area contributed by atoms with Crippen LogP contribution < -0.4 is 11.1 Å². The zero-order valence-electron chi connectivity index (χ0n) is 21.9. The molecule has 0 aliphatic rings. The number of nitrogens with zero attached hydrogens (tertiary/aromatic N) is 3. The summed E-state index contributed by atoms with van der Waals surface area (Å²) in [5, 5.41) is 0. The van der Waals surface area contributed by atoms with Crippen molar-refractivity contribution in [2.24, 2.45) is 0 Å². The summed E-state index contributed by atoms with van der Waals surface area (Å²) in [6, 6.07) is 45.7. The highest BCUT2D eigenvalue weighted by molar-refractivity contribution is 5.97. The number of hydrogen-bond donors (Lipinski definition) is 0. The lowest BCUT2D eigenvalue weighted by Crippen LogP contribution is -2.26. The summed E-state index contributed by atoms with van der Waals surface area (Å²) < 4.78 is 5.33. The largest absolute Gasteiger partial charge is 0.296 e. The molecule has 5 aromatic carbocycles. The van der Waals surface area contributed by atoms with Gasteiger partial charge in [-0.25, -0.2) is 0 Å². The molecule has 5 nitrogen and oxygen atoms in total. The molecular formula is C36H23N3O2. The Morgan fingerprint density at radius 1 is 0.366 bits per heavy atom. The van der Waals surface area contributed by atoms with Crippen LogP contribution in [0.4, 0.5) is 0 Å². The highest BCUT2D eigenvalue weighted by atomic mass is 16.1. The molecule has 41 heavy (non-hydrogen) atoms. The van der Waals surface area contributed by atoms with E-state index >= 15 is 0 Å². The van der Waals surface area contributed by atoms with E-state index in [9.17, 15) is 9.59 Å². The third-order valence-electron chi connectivity index (χ3n) is 7.87. The zero-order valence-corrected chi connectivity index (χ0v) is 21.9. The third-order valence-corrected chi connectivity index (χ3v) is 7.87. The van der Waals surface area contributed by atoms with Crippen molar-refractivity contribution in [1.29, 1.82) is 0 Å². The van der Waals surface area contributed by atoms with Gasteiger partial charge in [0.25, 0.3) is 11.1 Å². The summed E-state index contributed by atoms with van der Waals surface area (Å²) in [4.78, 5) is 27.9. The Hall–Kier alpha value is -5.68. The first-order chi connectivity index (χ1) is 20.2. The summed E-state index contributed by atoms with van der Waals surface area (Å²) in [5.41, 5.74) is 8.74. The molecule has 0 saturated carbocycles. The van der Waals surface area contributed by atoms with E-state index in [0.29, 0.717) is 11.0 Å². The summed E-state index contributed by atoms with van der Waals surface area (Å²) in [6.07, 6.45) is 0. The predicted molar refractivity (Wildman–Crippen MR) is 166 cm³/mol. The van der Waals surface area contributed by atoms with E-state index in [-0.39, 0.29) is 11.1 Å². The topological polar surface area (TPSA) is 48.4 Å². The van der Waals surface area contributed by atoms with Gasteiger partial charge in [0.1, 0.15) is 11.0 Å². The molecule has 8 rings (SSSR count). The third kappa shape index (κ3) is 3.49. The molecule has 0 radical (unpaired) electrons. The molecule has 3 aromatic heterocycles.